The van der Waals surface area contributed by atoms with Crippen molar-refractivity contribution in [3.8, 4) is 23.0 Å². The zero-order valence-corrected chi connectivity index (χ0v) is 24.0. The highest BCUT2D eigenvalue weighted by Crippen LogP contribution is 2.26. The van der Waals surface area contributed by atoms with Gasteiger partial charge in [-0.2, -0.15) is 5.10 Å². The highest BCUT2D eigenvalue weighted by Gasteiger charge is 2.15. The van der Waals surface area contributed by atoms with Gasteiger partial charge in [0.25, 0.3) is 5.91 Å². The van der Waals surface area contributed by atoms with Gasteiger partial charge in [0.1, 0.15) is 29.6 Å². The number of hydrazone groups is 1. The molecule has 0 aliphatic carbocycles. The summed E-state index contributed by atoms with van der Waals surface area (Å²) >= 11 is 0. The van der Waals surface area contributed by atoms with Crippen molar-refractivity contribution in [2.75, 3.05) is 6.61 Å². The number of esters is 2. The van der Waals surface area contributed by atoms with Crippen LogP contribution in [0.2, 0.25) is 0 Å². The normalized spacial score (nSPS) is 10.6. The summed E-state index contributed by atoms with van der Waals surface area (Å²) < 4.78 is 22.4. The van der Waals surface area contributed by atoms with Gasteiger partial charge in [0.05, 0.1) is 17.3 Å². The molecule has 5 aromatic carbocycles. The van der Waals surface area contributed by atoms with Gasteiger partial charge in [-0.05, 0) is 66.2 Å². The minimum absolute atomic E-state index is 0.0750. The Kier molecular flexibility index (Phi) is 10.3. The first-order valence-corrected chi connectivity index (χ1v) is 13.9. The number of benzene rings is 5. The molecule has 9 heteroatoms. The number of amides is 1. The summed E-state index contributed by atoms with van der Waals surface area (Å²) in [6.07, 6.45) is 1.31. The molecule has 0 fully saturated rings. The zero-order chi connectivity index (χ0) is 31.3. The number of hydrogen-bond acceptors (Lipinski definition) is 8. The van der Waals surface area contributed by atoms with Gasteiger partial charge in [-0.3, -0.25) is 4.79 Å². The van der Waals surface area contributed by atoms with E-state index in [2.05, 4.69) is 10.5 Å². The Hall–Kier alpha value is -6.22. The number of hydrogen-bond donors (Lipinski definition) is 1. The van der Waals surface area contributed by atoms with E-state index in [0.717, 1.165) is 5.56 Å². The van der Waals surface area contributed by atoms with E-state index < -0.39 is 17.8 Å². The predicted octanol–water partition coefficient (Wildman–Crippen LogP) is 6.23. The number of nitrogens with zero attached hydrogens (tertiary/aromatic N) is 1. The maximum atomic E-state index is 12.8. The zero-order valence-electron chi connectivity index (χ0n) is 24.0. The first-order valence-electron chi connectivity index (χ1n) is 13.9. The highest BCUT2D eigenvalue weighted by atomic mass is 16.5. The average Bonchev–Trinajstić information content (AvgIpc) is 3.09. The molecule has 0 heterocycles. The maximum Gasteiger partial charge on any atom is 0.343 e. The Morgan fingerprint density at radius 3 is 1.76 bits per heavy atom. The molecule has 5 aromatic rings. The molecular weight excluding hydrogens is 572 g/mol. The molecule has 1 amide bonds. The standard InChI is InChI=1S/C36H28N2O7/c39-34(25-43-31-20-18-30(19-21-31)42-24-26-10-4-1-5-11-26)38-37-23-29-16-17-32(44-35(40)27-12-6-2-7-13-27)22-33(29)45-36(41)28-14-8-3-9-15-28/h1-23H,24-25H2,(H,38,39)/b37-23-. The summed E-state index contributed by atoms with van der Waals surface area (Å²) in [5.74, 6) is -0.310. The van der Waals surface area contributed by atoms with Crippen molar-refractivity contribution in [2.45, 2.75) is 6.61 Å². The molecule has 0 aromatic heterocycles. The molecule has 0 saturated carbocycles. The molecule has 0 radical (unpaired) electrons. The van der Waals surface area contributed by atoms with Crippen LogP contribution in [0.4, 0.5) is 0 Å². The lowest BCUT2D eigenvalue weighted by atomic mass is 10.2. The summed E-state index contributed by atoms with van der Waals surface area (Å²) in [6.45, 7) is 0.155. The molecular formula is C36H28N2O7. The van der Waals surface area contributed by atoms with Gasteiger partial charge in [0, 0.05) is 11.6 Å². The lowest BCUT2D eigenvalue weighted by Crippen LogP contribution is -2.24. The molecule has 5 rings (SSSR count). The van der Waals surface area contributed by atoms with Crippen molar-refractivity contribution in [2.24, 2.45) is 5.10 Å². The van der Waals surface area contributed by atoms with E-state index in [1.807, 2.05) is 30.3 Å². The molecule has 224 valence electrons. The second-order valence-electron chi connectivity index (χ2n) is 9.54. The Labute approximate surface area is 259 Å². The molecule has 45 heavy (non-hydrogen) atoms. The number of ether oxygens (including phenoxy) is 4. The van der Waals surface area contributed by atoms with E-state index in [1.165, 1.54) is 18.3 Å². The summed E-state index contributed by atoms with van der Waals surface area (Å²) in [7, 11) is 0. The third-order valence-electron chi connectivity index (χ3n) is 6.25. The van der Waals surface area contributed by atoms with Crippen LogP contribution in [0.5, 0.6) is 23.0 Å². The molecule has 0 aliphatic heterocycles. The lowest BCUT2D eigenvalue weighted by Gasteiger charge is -2.11. The number of rotatable bonds is 12. The maximum absolute atomic E-state index is 12.8. The third-order valence-corrected chi connectivity index (χ3v) is 6.25. The molecule has 0 atom stereocenters. The van der Waals surface area contributed by atoms with Crippen LogP contribution in [-0.4, -0.2) is 30.7 Å². The second kappa shape index (κ2) is 15.3. The monoisotopic (exact) mass is 600 g/mol. The predicted molar refractivity (Wildman–Crippen MR) is 168 cm³/mol. The smallest absolute Gasteiger partial charge is 0.343 e. The second-order valence-corrected chi connectivity index (χ2v) is 9.54. The van der Waals surface area contributed by atoms with E-state index in [-0.39, 0.29) is 18.1 Å². The van der Waals surface area contributed by atoms with E-state index >= 15 is 0 Å². The Morgan fingerprint density at radius 2 is 1.13 bits per heavy atom. The molecule has 0 unspecified atom stereocenters. The minimum atomic E-state index is -0.620. The van der Waals surface area contributed by atoms with Crippen LogP contribution in [0.25, 0.3) is 0 Å². The van der Waals surface area contributed by atoms with Crippen molar-refractivity contribution in [3.05, 3.63) is 156 Å². The fourth-order valence-corrected chi connectivity index (χ4v) is 3.97. The average molecular weight is 601 g/mol. The molecule has 0 spiro atoms. The molecule has 1 N–H and O–H groups in total. The number of nitrogens with one attached hydrogen (secondary N) is 1. The quantitative estimate of drug-likeness (QED) is 0.0782. The van der Waals surface area contributed by atoms with E-state index in [4.69, 9.17) is 18.9 Å². The van der Waals surface area contributed by atoms with Gasteiger partial charge in [-0.1, -0.05) is 66.7 Å². The number of carbonyl (C=O) groups excluding carboxylic acids is 3. The van der Waals surface area contributed by atoms with Gasteiger partial charge in [0.2, 0.25) is 0 Å². The Bertz CT molecular complexity index is 1760. The molecule has 0 aliphatic rings. The largest absolute Gasteiger partial charge is 0.489 e. The van der Waals surface area contributed by atoms with Crippen LogP contribution in [-0.2, 0) is 11.4 Å². The number of carbonyl (C=O) groups is 3. The molecule has 0 bridgehead atoms. The SMILES string of the molecule is O=C(COc1ccc(OCc2ccccc2)cc1)N/N=C\c1ccc(OC(=O)c2ccccc2)cc1OC(=O)c1ccccc1. The van der Waals surface area contributed by atoms with Crippen molar-refractivity contribution < 1.29 is 33.3 Å². The van der Waals surface area contributed by atoms with Gasteiger partial charge in [0.15, 0.2) is 6.61 Å². The third kappa shape index (κ3) is 9.13. The van der Waals surface area contributed by atoms with Crippen LogP contribution >= 0.6 is 0 Å². The summed E-state index contributed by atoms with van der Waals surface area (Å²) in [5.41, 5.74) is 4.49. The van der Waals surface area contributed by atoms with Crippen molar-refractivity contribution in [1.29, 1.82) is 0 Å². The van der Waals surface area contributed by atoms with Crippen LogP contribution in [0, 0.1) is 0 Å². The molecule has 9 nitrogen and oxygen atoms in total. The van der Waals surface area contributed by atoms with Gasteiger partial charge < -0.3 is 18.9 Å². The Morgan fingerprint density at radius 1 is 0.600 bits per heavy atom. The fourth-order valence-electron chi connectivity index (χ4n) is 3.97. The lowest BCUT2D eigenvalue weighted by molar-refractivity contribution is -0.123. The van der Waals surface area contributed by atoms with Crippen molar-refractivity contribution >= 4 is 24.1 Å². The first-order chi connectivity index (χ1) is 22.0. The minimum Gasteiger partial charge on any atom is -0.489 e. The van der Waals surface area contributed by atoms with Crippen molar-refractivity contribution in [3.63, 3.8) is 0 Å². The van der Waals surface area contributed by atoms with Crippen molar-refractivity contribution in [1.82, 2.24) is 5.43 Å². The highest BCUT2D eigenvalue weighted by molar-refractivity contribution is 5.94. The first kappa shape index (κ1) is 30.2. The van der Waals surface area contributed by atoms with Gasteiger partial charge >= 0.3 is 11.9 Å². The topological polar surface area (TPSA) is 113 Å². The van der Waals surface area contributed by atoms with E-state index in [9.17, 15) is 14.4 Å². The van der Waals surface area contributed by atoms with E-state index in [1.54, 1.807) is 91.0 Å². The van der Waals surface area contributed by atoms with Crippen LogP contribution < -0.4 is 24.4 Å². The van der Waals surface area contributed by atoms with E-state index in [0.29, 0.717) is 34.8 Å². The molecule has 0 saturated heterocycles. The fraction of sp³-hybridized carbons (Fsp3) is 0.0556. The van der Waals surface area contributed by atoms with Gasteiger partial charge in [-0.15, -0.1) is 0 Å². The van der Waals surface area contributed by atoms with Crippen LogP contribution in [0.3, 0.4) is 0 Å². The van der Waals surface area contributed by atoms with Gasteiger partial charge in [-0.25, -0.2) is 15.0 Å². The van der Waals surface area contributed by atoms with Crippen LogP contribution in [0.1, 0.15) is 31.8 Å². The summed E-state index contributed by atoms with van der Waals surface area (Å²) in [4.78, 5) is 37.7. The summed E-state index contributed by atoms with van der Waals surface area (Å²) in [5, 5.41) is 3.98. The summed E-state index contributed by atoms with van der Waals surface area (Å²) in [6, 6.07) is 38.1. The Balaban J connectivity index is 1.18. The van der Waals surface area contributed by atoms with Crippen LogP contribution in [0.15, 0.2) is 139 Å².